The maximum absolute atomic E-state index is 13.0. The fraction of sp³-hybridized carbons (Fsp3) is 0.217. The molecule has 0 radical (unpaired) electrons. The summed E-state index contributed by atoms with van der Waals surface area (Å²) in [5.41, 5.74) is 3.33. The van der Waals surface area contributed by atoms with Crippen LogP contribution in [0.15, 0.2) is 54.6 Å². The summed E-state index contributed by atoms with van der Waals surface area (Å²) in [7, 11) is 5.06. The standard InChI is InChI=1S/C23H24N2O3/c1-16-19(15-23(27)24(2)3)20-14-18(28-4)11-12-21(20)25(16)22(26)13-10-17-8-6-5-7-9-17/h5-14H,15H2,1-4H3. The third-order valence-electron chi connectivity index (χ3n) is 4.81. The van der Waals surface area contributed by atoms with E-state index in [1.54, 1.807) is 42.8 Å². The molecule has 0 atom stereocenters. The fourth-order valence-corrected chi connectivity index (χ4v) is 3.21. The lowest BCUT2D eigenvalue weighted by Crippen LogP contribution is -2.23. The minimum absolute atomic E-state index is 0.0164. The van der Waals surface area contributed by atoms with Gasteiger partial charge in [0.2, 0.25) is 5.91 Å². The Bertz CT molecular complexity index is 1050. The second-order valence-corrected chi connectivity index (χ2v) is 6.83. The SMILES string of the molecule is COc1ccc2c(c1)c(CC(=O)N(C)C)c(C)n2C(=O)C=Cc1ccccc1. The van der Waals surface area contributed by atoms with E-state index in [1.165, 1.54) is 0 Å². The summed E-state index contributed by atoms with van der Waals surface area (Å²) in [6.45, 7) is 1.87. The average Bonchev–Trinajstić information content (AvgIpc) is 2.97. The van der Waals surface area contributed by atoms with Crippen molar-refractivity contribution in [2.24, 2.45) is 0 Å². The molecule has 2 aromatic carbocycles. The molecule has 0 N–H and O–H groups in total. The van der Waals surface area contributed by atoms with Crippen LogP contribution in [0.3, 0.4) is 0 Å². The number of rotatable bonds is 5. The summed E-state index contributed by atoms with van der Waals surface area (Å²) in [5, 5.41) is 0.855. The van der Waals surface area contributed by atoms with Crippen molar-refractivity contribution in [2.75, 3.05) is 21.2 Å². The van der Waals surface area contributed by atoms with Crippen molar-refractivity contribution in [3.63, 3.8) is 0 Å². The molecule has 5 nitrogen and oxygen atoms in total. The molecule has 0 aliphatic carbocycles. The number of amides is 1. The minimum Gasteiger partial charge on any atom is -0.497 e. The minimum atomic E-state index is -0.153. The van der Waals surface area contributed by atoms with E-state index in [2.05, 4.69) is 0 Å². The van der Waals surface area contributed by atoms with Crippen molar-refractivity contribution < 1.29 is 14.3 Å². The lowest BCUT2D eigenvalue weighted by molar-refractivity contribution is -0.127. The van der Waals surface area contributed by atoms with E-state index in [-0.39, 0.29) is 18.2 Å². The third kappa shape index (κ3) is 3.83. The van der Waals surface area contributed by atoms with Gasteiger partial charge in [0.15, 0.2) is 0 Å². The Kier molecular flexibility index (Phi) is 5.64. The third-order valence-corrected chi connectivity index (χ3v) is 4.81. The molecule has 0 saturated heterocycles. The van der Waals surface area contributed by atoms with Crippen molar-refractivity contribution in [2.45, 2.75) is 13.3 Å². The van der Waals surface area contributed by atoms with Crippen molar-refractivity contribution in [3.8, 4) is 5.75 Å². The summed E-state index contributed by atoms with van der Waals surface area (Å²) in [5.74, 6) is 0.521. The van der Waals surface area contributed by atoms with Crippen molar-refractivity contribution >= 4 is 28.8 Å². The highest BCUT2D eigenvalue weighted by Gasteiger charge is 2.20. The second-order valence-electron chi connectivity index (χ2n) is 6.83. The van der Waals surface area contributed by atoms with E-state index >= 15 is 0 Å². The number of hydrogen-bond donors (Lipinski definition) is 0. The van der Waals surface area contributed by atoms with Crippen LogP contribution in [0.4, 0.5) is 0 Å². The quantitative estimate of drug-likeness (QED) is 0.634. The monoisotopic (exact) mass is 376 g/mol. The van der Waals surface area contributed by atoms with Crippen molar-refractivity contribution in [1.29, 1.82) is 0 Å². The first-order valence-corrected chi connectivity index (χ1v) is 9.08. The lowest BCUT2D eigenvalue weighted by Gasteiger charge is -2.10. The number of benzene rings is 2. The number of ether oxygens (including phenoxy) is 1. The summed E-state index contributed by atoms with van der Waals surface area (Å²) < 4.78 is 7.00. The van der Waals surface area contributed by atoms with Gasteiger partial charge >= 0.3 is 0 Å². The number of carbonyl (C=O) groups is 2. The highest BCUT2D eigenvalue weighted by atomic mass is 16.5. The molecule has 3 aromatic rings. The van der Waals surface area contributed by atoms with Gasteiger partial charge in [0.05, 0.1) is 19.0 Å². The normalized spacial score (nSPS) is 11.1. The van der Waals surface area contributed by atoms with Gasteiger partial charge in [0, 0.05) is 31.3 Å². The molecule has 0 unspecified atom stereocenters. The molecule has 3 rings (SSSR count). The summed E-state index contributed by atoms with van der Waals surface area (Å²) in [4.78, 5) is 26.9. The Morgan fingerprint density at radius 1 is 1.11 bits per heavy atom. The number of fused-ring (bicyclic) bond motifs is 1. The van der Waals surface area contributed by atoms with E-state index in [0.717, 1.165) is 27.7 Å². The number of hydrogen-bond acceptors (Lipinski definition) is 3. The predicted octanol–water partition coefficient (Wildman–Crippen LogP) is 3.94. The van der Waals surface area contributed by atoms with E-state index in [0.29, 0.717) is 5.75 Å². The van der Waals surface area contributed by atoms with Crippen LogP contribution in [0, 0.1) is 6.92 Å². The molecular weight excluding hydrogens is 352 g/mol. The number of likely N-dealkylation sites (N-methyl/N-ethyl adjacent to an activating group) is 1. The lowest BCUT2D eigenvalue weighted by atomic mass is 10.1. The molecule has 0 aliphatic rings. The van der Waals surface area contributed by atoms with Gasteiger partial charge in [-0.2, -0.15) is 0 Å². The van der Waals surface area contributed by atoms with Gasteiger partial charge in [-0.25, -0.2) is 0 Å². The van der Waals surface area contributed by atoms with Crippen LogP contribution in [0.2, 0.25) is 0 Å². The average molecular weight is 376 g/mol. The van der Waals surface area contributed by atoms with E-state index in [1.807, 2.05) is 55.5 Å². The largest absolute Gasteiger partial charge is 0.497 e. The van der Waals surface area contributed by atoms with Gasteiger partial charge in [-0.05, 0) is 42.3 Å². The van der Waals surface area contributed by atoms with E-state index in [9.17, 15) is 9.59 Å². The van der Waals surface area contributed by atoms with Gasteiger partial charge in [-0.3, -0.25) is 14.2 Å². The topological polar surface area (TPSA) is 51.5 Å². The Labute approximate surface area is 164 Å². The summed E-state index contributed by atoms with van der Waals surface area (Å²) in [6, 6.07) is 15.2. The number of nitrogens with zero attached hydrogens (tertiary/aromatic N) is 2. The van der Waals surface area contributed by atoms with Crippen LogP contribution in [0.5, 0.6) is 5.75 Å². The van der Waals surface area contributed by atoms with E-state index < -0.39 is 0 Å². The maximum atomic E-state index is 13.0. The molecule has 0 saturated carbocycles. The number of allylic oxidation sites excluding steroid dienone is 1. The first-order chi connectivity index (χ1) is 13.4. The summed E-state index contributed by atoms with van der Waals surface area (Å²) >= 11 is 0. The molecule has 144 valence electrons. The molecule has 5 heteroatoms. The fourth-order valence-electron chi connectivity index (χ4n) is 3.21. The zero-order chi connectivity index (χ0) is 20.3. The van der Waals surface area contributed by atoms with Crippen LogP contribution >= 0.6 is 0 Å². The Morgan fingerprint density at radius 2 is 1.82 bits per heavy atom. The first-order valence-electron chi connectivity index (χ1n) is 9.08. The van der Waals surface area contributed by atoms with Crippen LogP contribution < -0.4 is 4.74 Å². The Hall–Kier alpha value is -3.34. The van der Waals surface area contributed by atoms with Crippen LogP contribution in [-0.2, 0) is 11.2 Å². The van der Waals surface area contributed by atoms with Gasteiger partial charge in [-0.1, -0.05) is 30.3 Å². The predicted molar refractivity (Wildman–Crippen MR) is 112 cm³/mol. The van der Waals surface area contributed by atoms with Gasteiger partial charge in [0.25, 0.3) is 5.91 Å². The molecule has 0 bridgehead atoms. The molecule has 0 aliphatic heterocycles. The molecule has 0 fully saturated rings. The molecule has 1 aromatic heterocycles. The van der Waals surface area contributed by atoms with Crippen LogP contribution in [0.1, 0.15) is 21.6 Å². The smallest absolute Gasteiger partial charge is 0.255 e. The van der Waals surface area contributed by atoms with Crippen molar-refractivity contribution in [1.82, 2.24) is 9.47 Å². The van der Waals surface area contributed by atoms with Crippen molar-refractivity contribution in [3.05, 3.63) is 71.4 Å². The van der Waals surface area contributed by atoms with Gasteiger partial charge < -0.3 is 9.64 Å². The maximum Gasteiger partial charge on any atom is 0.255 e. The molecule has 0 spiro atoms. The highest BCUT2D eigenvalue weighted by molar-refractivity contribution is 6.03. The second kappa shape index (κ2) is 8.13. The number of methoxy groups -OCH3 is 1. The van der Waals surface area contributed by atoms with Crippen LogP contribution in [-0.4, -0.2) is 42.5 Å². The zero-order valence-electron chi connectivity index (χ0n) is 16.6. The molecule has 28 heavy (non-hydrogen) atoms. The molecular formula is C23H24N2O3. The number of aromatic nitrogens is 1. The Balaban J connectivity index is 2.09. The highest BCUT2D eigenvalue weighted by Crippen LogP contribution is 2.30. The molecule has 1 heterocycles. The molecule has 1 amide bonds. The first kappa shape index (κ1) is 19.4. The van der Waals surface area contributed by atoms with E-state index in [4.69, 9.17) is 4.74 Å². The number of carbonyl (C=O) groups excluding carboxylic acids is 2. The van der Waals surface area contributed by atoms with Gasteiger partial charge in [-0.15, -0.1) is 0 Å². The Morgan fingerprint density at radius 3 is 2.46 bits per heavy atom. The summed E-state index contributed by atoms with van der Waals surface area (Å²) in [6.07, 6.45) is 3.58. The van der Waals surface area contributed by atoms with Crippen LogP contribution in [0.25, 0.3) is 17.0 Å². The zero-order valence-corrected chi connectivity index (χ0v) is 16.6. The van der Waals surface area contributed by atoms with Gasteiger partial charge in [0.1, 0.15) is 5.75 Å².